The number of likely N-dealkylation sites (tertiary alicyclic amines) is 1. The Balaban J connectivity index is 1.48. The van der Waals surface area contributed by atoms with Crippen LogP contribution in [0.5, 0.6) is 5.75 Å². The van der Waals surface area contributed by atoms with Gasteiger partial charge in [0.1, 0.15) is 11.9 Å². The van der Waals surface area contributed by atoms with Gasteiger partial charge in [-0.1, -0.05) is 30.3 Å². The minimum absolute atomic E-state index is 0.0184. The number of benzene rings is 1. The number of hydrogen-bond donors (Lipinski definition) is 0. The van der Waals surface area contributed by atoms with E-state index in [1.807, 2.05) is 48.5 Å². The van der Waals surface area contributed by atoms with Crippen molar-refractivity contribution in [3.8, 4) is 5.75 Å². The molecule has 2 aromatic rings. The van der Waals surface area contributed by atoms with Crippen molar-refractivity contribution in [3.05, 3.63) is 66.5 Å². The van der Waals surface area contributed by atoms with Crippen molar-refractivity contribution in [2.24, 2.45) is 0 Å². The SMILES string of the molecule is O=C(/C=C/c1ccccc1)N1CC(Oc2cccnc2)C1. The Morgan fingerprint density at radius 1 is 1.19 bits per heavy atom. The van der Waals surface area contributed by atoms with E-state index < -0.39 is 0 Å². The molecular weight excluding hydrogens is 264 g/mol. The lowest BCUT2D eigenvalue weighted by Gasteiger charge is -2.38. The van der Waals surface area contributed by atoms with Crippen LogP contribution < -0.4 is 4.74 Å². The molecule has 0 saturated carbocycles. The smallest absolute Gasteiger partial charge is 0.246 e. The van der Waals surface area contributed by atoms with Crippen LogP contribution in [-0.4, -0.2) is 35.0 Å². The first-order chi connectivity index (χ1) is 10.3. The van der Waals surface area contributed by atoms with Crippen molar-refractivity contribution in [3.63, 3.8) is 0 Å². The summed E-state index contributed by atoms with van der Waals surface area (Å²) in [6.45, 7) is 1.24. The van der Waals surface area contributed by atoms with Crippen molar-refractivity contribution in [1.29, 1.82) is 0 Å². The van der Waals surface area contributed by atoms with Gasteiger partial charge in [0.2, 0.25) is 5.91 Å². The van der Waals surface area contributed by atoms with E-state index >= 15 is 0 Å². The Kier molecular flexibility index (Phi) is 3.96. The van der Waals surface area contributed by atoms with Crippen molar-refractivity contribution < 1.29 is 9.53 Å². The number of hydrogen-bond acceptors (Lipinski definition) is 3. The minimum Gasteiger partial charge on any atom is -0.485 e. The van der Waals surface area contributed by atoms with Crippen LogP contribution in [0.3, 0.4) is 0 Å². The monoisotopic (exact) mass is 280 g/mol. The number of carbonyl (C=O) groups is 1. The van der Waals surface area contributed by atoms with E-state index in [-0.39, 0.29) is 12.0 Å². The van der Waals surface area contributed by atoms with Crippen LogP contribution in [0.1, 0.15) is 5.56 Å². The van der Waals surface area contributed by atoms with Gasteiger partial charge in [-0.25, -0.2) is 0 Å². The predicted molar refractivity (Wildman–Crippen MR) is 80.7 cm³/mol. The van der Waals surface area contributed by atoms with Crippen molar-refractivity contribution in [2.45, 2.75) is 6.10 Å². The maximum atomic E-state index is 12.0. The van der Waals surface area contributed by atoms with Gasteiger partial charge in [0.25, 0.3) is 0 Å². The topological polar surface area (TPSA) is 42.4 Å². The van der Waals surface area contributed by atoms with Gasteiger partial charge in [0.05, 0.1) is 19.3 Å². The molecule has 1 aliphatic rings. The number of ether oxygens (including phenoxy) is 1. The molecule has 1 aromatic heterocycles. The second kappa shape index (κ2) is 6.22. The Bertz CT molecular complexity index is 620. The van der Waals surface area contributed by atoms with Gasteiger partial charge >= 0.3 is 0 Å². The van der Waals surface area contributed by atoms with Crippen LogP contribution >= 0.6 is 0 Å². The van der Waals surface area contributed by atoms with E-state index in [0.717, 1.165) is 11.3 Å². The average Bonchev–Trinajstić information content (AvgIpc) is 2.50. The van der Waals surface area contributed by atoms with E-state index in [1.54, 1.807) is 23.4 Å². The normalized spacial score (nSPS) is 15.0. The molecule has 3 rings (SSSR count). The highest BCUT2D eigenvalue weighted by Crippen LogP contribution is 2.17. The van der Waals surface area contributed by atoms with Gasteiger partial charge in [0, 0.05) is 12.3 Å². The number of amides is 1. The fourth-order valence-corrected chi connectivity index (χ4v) is 2.14. The van der Waals surface area contributed by atoms with Crippen molar-refractivity contribution >= 4 is 12.0 Å². The Labute approximate surface area is 123 Å². The average molecular weight is 280 g/mol. The molecule has 1 amide bonds. The van der Waals surface area contributed by atoms with Gasteiger partial charge in [-0.15, -0.1) is 0 Å². The lowest BCUT2D eigenvalue weighted by molar-refractivity contribution is -0.134. The van der Waals surface area contributed by atoms with Gasteiger partial charge in [-0.3, -0.25) is 9.78 Å². The Hall–Kier alpha value is -2.62. The molecule has 0 bridgehead atoms. The van der Waals surface area contributed by atoms with Crippen LogP contribution in [0, 0.1) is 0 Å². The largest absolute Gasteiger partial charge is 0.485 e. The van der Waals surface area contributed by atoms with Gasteiger partial charge < -0.3 is 9.64 Å². The predicted octanol–water partition coefficient (Wildman–Crippen LogP) is 2.38. The maximum absolute atomic E-state index is 12.0. The summed E-state index contributed by atoms with van der Waals surface area (Å²) >= 11 is 0. The fourth-order valence-electron chi connectivity index (χ4n) is 2.14. The highest BCUT2D eigenvalue weighted by molar-refractivity contribution is 5.92. The molecule has 4 heteroatoms. The number of rotatable bonds is 4. The maximum Gasteiger partial charge on any atom is 0.246 e. The first kappa shape index (κ1) is 13.4. The molecule has 1 aromatic carbocycles. The van der Waals surface area contributed by atoms with Crippen LogP contribution in [0.15, 0.2) is 60.9 Å². The molecule has 0 unspecified atom stereocenters. The zero-order chi connectivity index (χ0) is 14.5. The van der Waals surface area contributed by atoms with Crippen LogP contribution in [0.4, 0.5) is 0 Å². The third-order valence-corrected chi connectivity index (χ3v) is 3.31. The van der Waals surface area contributed by atoms with Crippen molar-refractivity contribution in [1.82, 2.24) is 9.88 Å². The highest BCUT2D eigenvalue weighted by Gasteiger charge is 2.31. The first-order valence-electron chi connectivity index (χ1n) is 6.90. The van der Waals surface area contributed by atoms with E-state index in [9.17, 15) is 4.79 Å². The van der Waals surface area contributed by atoms with Gasteiger partial charge in [0.15, 0.2) is 0 Å². The molecular formula is C17H16N2O2. The summed E-state index contributed by atoms with van der Waals surface area (Å²) in [6, 6.07) is 13.5. The summed E-state index contributed by atoms with van der Waals surface area (Å²) < 4.78 is 5.71. The number of aromatic nitrogens is 1. The summed E-state index contributed by atoms with van der Waals surface area (Å²) in [4.78, 5) is 17.7. The van der Waals surface area contributed by atoms with E-state index in [0.29, 0.717) is 13.1 Å². The summed E-state index contributed by atoms with van der Waals surface area (Å²) in [6.07, 6.45) is 6.88. The molecule has 2 heterocycles. The third-order valence-electron chi connectivity index (χ3n) is 3.31. The second-order valence-electron chi connectivity index (χ2n) is 4.92. The molecule has 1 fully saturated rings. The number of carbonyl (C=O) groups excluding carboxylic acids is 1. The van der Waals surface area contributed by atoms with Crippen LogP contribution in [-0.2, 0) is 4.79 Å². The quantitative estimate of drug-likeness (QED) is 0.808. The molecule has 0 aliphatic carbocycles. The van der Waals surface area contributed by atoms with Crippen LogP contribution in [0.25, 0.3) is 6.08 Å². The van der Waals surface area contributed by atoms with Gasteiger partial charge in [-0.2, -0.15) is 0 Å². The molecule has 0 N–H and O–H groups in total. The zero-order valence-electron chi connectivity index (χ0n) is 11.6. The number of pyridine rings is 1. The lowest BCUT2D eigenvalue weighted by Crippen LogP contribution is -2.55. The van der Waals surface area contributed by atoms with Crippen molar-refractivity contribution in [2.75, 3.05) is 13.1 Å². The standard InChI is InChI=1S/C17H16N2O2/c20-17(9-8-14-5-2-1-3-6-14)19-12-16(13-19)21-15-7-4-10-18-11-15/h1-11,16H,12-13H2/b9-8+. The highest BCUT2D eigenvalue weighted by atomic mass is 16.5. The number of nitrogens with zero attached hydrogens (tertiary/aromatic N) is 2. The van der Waals surface area contributed by atoms with E-state index in [4.69, 9.17) is 4.74 Å². The Morgan fingerprint density at radius 2 is 2.00 bits per heavy atom. The minimum atomic E-state index is 0.0184. The molecule has 0 atom stereocenters. The molecule has 1 aliphatic heterocycles. The first-order valence-corrected chi connectivity index (χ1v) is 6.90. The molecule has 4 nitrogen and oxygen atoms in total. The lowest BCUT2D eigenvalue weighted by atomic mass is 10.1. The summed E-state index contributed by atoms with van der Waals surface area (Å²) in [5.41, 5.74) is 1.02. The van der Waals surface area contributed by atoms with E-state index in [1.165, 1.54) is 0 Å². The molecule has 1 saturated heterocycles. The molecule has 0 spiro atoms. The zero-order valence-corrected chi connectivity index (χ0v) is 11.6. The Morgan fingerprint density at radius 3 is 2.71 bits per heavy atom. The summed E-state index contributed by atoms with van der Waals surface area (Å²) in [5, 5.41) is 0. The fraction of sp³-hybridized carbons (Fsp3) is 0.176. The molecule has 106 valence electrons. The van der Waals surface area contributed by atoms with Gasteiger partial charge in [-0.05, 0) is 23.8 Å². The van der Waals surface area contributed by atoms with Crippen LogP contribution in [0.2, 0.25) is 0 Å². The third kappa shape index (κ3) is 3.48. The summed E-state index contributed by atoms with van der Waals surface area (Å²) in [7, 11) is 0. The molecule has 0 radical (unpaired) electrons. The molecule has 21 heavy (non-hydrogen) atoms. The van der Waals surface area contributed by atoms with E-state index in [2.05, 4.69) is 4.98 Å². The second-order valence-corrected chi connectivity index (χ2v) is 4.92. The summed E-state index contributed by atoms with van der Waals surface area (Å²) in [5.74, 6) is 0.763.